The second-order valence-electron chi connectivity index (χ2n) is 2.76. The lowest BCUT2D eigenvalue weighted by Gasteiger charge is -2.29. The Labute approximate surface area is 78.4 Å². The van der Waals surface area contributed by atoms with Crippen molar-refractivity contribution in [2.75, 3.05) is 0 Å². The summed E-state index contributed by atoms with van der Waals surface area (Å²) in [5, 5.41) is 0. The Kier molecular flexibility index (Phi) is 5.67. The van der Waals surface area contributed by atoms with Crippen molar-refractivity contribution in [3.05, 3.63) is 38.0 Å². The summed E-state index contributed by atoms with van der Waals surface area (Å²) in [5.74, 6) is 0. The molecule has 0 N–H and O–H groups in total. The average Bonchev–Trinajstić information content (AvgIpc) is 2.06. The smallest absolute Gasteiger partial charge is 0.247 e. The standard InChI is InChI=1S/C10H15OSi/c1-4-7-10(11-12,8-5-2)9-6-3/h4-6H,1-3,7-9H2. The molecule has 12 heavy (non-hydrogen) atoms. The van der Waals surface area contributed by atoms with Gasteiger partial charge in [-0.1, -0.05) is 18.2 Å². The highest BCUT2D eigenvalue weighted by Crippen LogP contribution is 2.25. The van der Waals surface area contributed by atoms with E-state index in [0.717, 1.165) is 19.3 Å². The third-order valence-electron chi connectivity index (χ3n) is 1.77. The van der Waals surface area contributed by atoms with E-state index in [1.54, 1.807) is 0 Å². The molecule has 0 rings (SSSR count). The summed E-state index contributed by atoms with van der Waals surface area (Å²) in [7, 11) is 3.08. The predicted molar refractivity (Wildman–Crippen MR) is 54.0 cm³/mol. The molecule has 0 aliphatic carbocycles. The molecule has 0 heterocycles. The minimum absolute atomic E-state index is 0.248. The molecule has 0 aromatic rings. The Hall–Kier alpha value is -0.603. The van der Waals surface area contributed by atoms with Crippen LogP contribution in [0.4, 0.5) is 0 Å². The van der Waals surface area contributed by atoms with Crippen LogP contribution in [0.25, 0.3) is 0 Å². The molecule has 2 heteroatoms. The lowest BCUT2D eigenvalue weighted by atomic mass is 9.92. The molecule has 0 unspecified atom stereocenters. The van der Waals surface area contributed by atoms with E-state index in [2.05, 4.69) is 30.2 Å². The monoisotopic (exact) mass is 179 g/mol. The Morgan fingerprint density at radius 1 is 1.00 bits per heavy atom. The quantitative estimate of drug-likeness (QED) is 0.431. The fourth-order valence-corrected chi connectivity index (χ4v) is 1.41. The van der Waals surface area contributed by atoms with E-state index in [4.69, 9.17) is 4.43 Å². The van der Waals surface area contributed by atoms with Gasteiger partial charge in [0, 0.05) is 0 Å². The van der Waals surface area contributed by atoms with Gasteiger partial charge in [-0.15, -0.1) is 19.7 Å². The van der Waals surface area contributed by atoms with E-state index in [0.29, 0.717) is 0 Å². The molecule has 0 bridgehead atoms. The molecular weight excluding hydrogens is 164 g/mol. The molecule has 65 valence electrons. The van der Waals surface area contributed by atoms with Gasteiger partial charge in [-0.25, -0.2) is 0 Å². The summed E-state index contributed by atoms with van der Waals surface area (Å²) in [6, 6.07) is 0. The zero-order chi connectivity index (χ0) is 9.45. The number of hydrogen-bond donors (Lipinski definition) is 0. The maximum absolute atomic E-state index is 5.25. The van der Waals surface area contributed by atoms with E-state index in [1.165, 1.54) is 0 Å². The Morgan fingerprint density at radius 3 is 1.50 bits per heavy atom. The minimum Gasteiger partial charge on any atom is -0.412 e. The first-order valence-electron chi connectivity index (χ1n) is 3.92. The average molecular weight is 179 g/mol. The Bertz CT molecular complexity index is 137. The van der Waals surface area contributed by atoms with Crippen LogP contribution in [-0.4, -0.2) is 16.1 Å². The highest BCUT2D eigenvalue weighted by atomic mass is 28.2. The van der Waals surface area contributed by atoms with Crippen LogP contribution in [0.5, 0.6) is 0 Å². The van der Waals surface area contributed by atoms with Crippen molar-refractivity contribution in [3.63, 3.8) is 0 Å². The third kappa shape index (κ3) is 3.20. The minimum atomic E-state index is -0.248. The lowest BCUT2D eigenvalue weighted by molar-refractivity contribution is 0.0900. The zero-order valence-electron chi connectivity index (χ0n) is 7.38. The van der Waals surface area contributed by atoms with Crippen LogP contribution in [0.2, 0.25) is 0 Å². The van der Waals surface area contributed by atoms with Crippen LogP contribution in [0.15, 0.2) is 38.0 Å². The maximum Gasteiger partial charge on any atom is 0.247 e. The molecule has 0 amide bonds. The van der Waals surface area contributed by atoms with Gasteiger partial charge in [0.2, 0.25) is 10.5 Å². The van der Waals surface area contributed by atoms with E-state index < -0.39 is 0 Å². The molecule has 0 saturated heterocycles. The molecule has 0 aliphatic heterocycles. The molecule has 0 fully saturated rings. The Morgan fingerprint density at radius 2 is 1.33 bits per heavy atom. The van der Waals surface area contributed by atoms with Gasteiger partial charge in [0.05, 0.1) is 5.60 Å². The number of rotatable bonds is 7. The summed E-state index contributed by atoms with van der Waals surface area (Å²) < 4.78 is 5.25. The molecule has 3 radical (unpaired) electrons. The molecular formula is C10H15OSi. The molecule has 0 aliphatic rings. The first kappa shape index (κ1) is 11.4. The molecule has 1 nitrogen and oxygen atoms in total. The summed E-state index contributed by atoms with van der Waals surface area (Å²) in [6.07, 6.45) is 7.88. The van der Waals surface area contributed by atoms with Gasteiger partial charge in [-0.2, -0.15) is 0 Å². The van der Waals surface area contributed by atoms with Crippen molar-refractivity contribution < 1.29 is 4.43 Å². The summed E-state index contributed by atoms with van der Waals surface area (Å²) in [5.41, 5.74) is -0.248. The Balaban J connectivity index is 4.35. The summed E-state index contributed by atoms with van der Waals surface area (Å²) >= 11 is 0. The fourth-order valence-electron chi connectivity index (χ4n) is 1.16. The largest absolute Gasteiger partial charge is 0.412 e. The number of hydrogen-bond acceptors (Lipinski definition) is 1. The van der Waals surface area contributed by atoms with Crippen molar-refractivity contribution in [1.29, 1.82) is 0 Å². The van der Waals surface area contributed by atoms with Gasteiger partial charge in [0.1, 0.15) is 0 Å². The summed E-state index contributed by atoms with van der Waals surface area (Å²) in [6.45, 7) is 11.1. The molecule has 0 aromatic heterocycles. The highest BCUT2D eigenvalue weighted by molar-refractivity contribution is 5.98. The SMILES string of the molecule is C=CCC(CC=C)(CC=C)O[Si]. The highest BCUT2D eigenvalue weighted by Gasteiger charge is 2.24. The van der Waals surface area contributed by atoms with Crippen molar-refractivity contribution in [2.45, 2.75) is 24.9 Å². The molecule has 0 spiro atoms. The first-order chi connectivity index (χ1) is 5.74. The van der Waals surface area contributed by atoms with E-state index in [-0.39, 0.29) is 5.60 Å². The van der Waals surface area contributed by atoms with Crippen LogP contribution in [0, 0.1) is 0 Å². The maximum atomic E-state index is 5.25. The van der Waals surface area contributed by atoms with Crippen LogP contribution >= 0.6 is 0 Å². The van der Waals surface area contributed by atoms with Crippen molar-refractivity contribution >= 4 is 10.5 Å². The van der Waals surface area contributed by atoms with E-state index in [1.807, 2.05) is 18.2 Å². The molecule has 0 saturated carbocycles. The van der Waals surface area contributed by atoms with Crippen molar-refractivity contribution in [3.8, 4) is 0 Å². The van der Waals surface area contributed by atoms with Crippen molar-refractivity contribution in [2.24, 2.45) is 0 Å². The van der Waals surface area contributed by atoms with Gasteiger partial charge in [0.15, 0.2) is 0 Å². The lowest BCUT2D eigenvalue weighted by Crippen LogP contribution is -2.29. The molecule has 0 aromatic carbocycles. The van der Waals surface area contributed by atoms with Gasteiger partial charge in [0.25, 0.3) is 0 Å². The topological polar surface area (TPSA) is 9.23 Å². The van der Waals surface area contributed by atoms with Gasteiger partial charge in [-0.05, 0) is 19.3 Å². The van der Waals surface area contributed by atoms with Crippen LogP contribution < -0.4 is 0 Å². The second kappa shape index (κ2) is 5.97. The van der Waals surface area contributed by atoms with Crippen LogP contribution in [0.3, 0.4) is 0 Å². The summed E-state index contributed by atoms with van der Waals surface area (Å²) in [4.78, 5) is 0. The molecule has 0 atom stereocenters. The van der Waals surface area contributed by atoms with Crippen molar-refractivity contribution in [1.82, 2.24) is 0 Å². The zero-order valence-corrected chi connectivity index (χ0v) is 8.38. The first-order valence-corrected chi connectivity index (χ1v) is 4.33. The fraction of sp³-hybridized carbons (Fsp3) is 0.400. The van der Waals surface area contributed by atoms with E-state index >= 15 is 0 Å². The van der Waals surface area contributed by atoms with Gasteiger partial charge in [-0.3, -0.25) is 0 Å². The predicted octanol–water partition coefficient (Wildman–Crippen LogP) is 2.55. The van der Waals surface area contributed by atoms with Crippen LogP contribution in [-0.2, 0) is 4.43 Å². The normalized spacial score (nSPS) is 10.8. The van der Waals surface area contributed by atoms with Gasteiger partial charge < -0.3 is 4.43 Å². The van der Waals surface area contributed by atoms with Gasteiger partial charge >= 0.3 is 0 Å². The van der Waals surface area contributed by atoms with E-state index in [9.17, 15) is 0 Å². The van der Waals surface area contributed by atoms with Crippen LogP contribution in [0.1, 0.15) is 19.3 Å². The second-order valence-corrected chi connectivity index (χ2v) is 2.97. The third-order valence-corrected chi connectivity index (χ3v) is 2.20.